The first-order valence-electron chi connectivity index (χ1n) is 3.60. The normalized spacial score (nSPS) is 12.3. The first-order valence-corrected chi connectivity index (χ1v) is 3.60. The molecule has 0 aromatic rings. The molecule has 0 saturated heterocycles. The van der Waals surface area contributed by atoms with Crippen molar-refractivity contribution in [3.8, 4) is 0 Å². The topological polar surface area (TPSA) is 12.0 Å². The van der Waals surface area contributed by atoms with Crippen molar-refractivity contribution in [1.82, 2.24) is 5.32 Å². The third-order valence-electron chi connectivity index (χ3n) is 1.03. The zero-order chi connectivity index (χ0) is 7.28. The Bertz CT molecular complexity index is 92.7. The van der Waals surface area contributed by atoms with Gasteiger partial charge in [0, 0.05) is 11.7 Å². The minimum Gasteiger partial charge on any atom is -0.387 e. The minimum atomic E-state index is 0.563. The first kappa shape index (κ1) is 8.54. The highest BCUT2D eigenvalue weighted by Gasteiger charge is 1.89. The van der Waals surface area contributed by atoms with Gasteiger partial charge in [0.25, 0.3) is 0 Å². The summed E-state index contributed by atoms with van der Waals surface area (Å²) >= 11 is 0. The van der Waals surface area contributed by atoms with Crippen LogP contribution in [0.1, 0.15) is 34.1 Å². The van der Waals surface area contributed by atoms with Crippen LogP contribution in [0.2, 0.25) is 0 Å². The van der Waals surface area contributed by atoms with Crippen molar-refractivity contribution >= 4 is 0 Å². The maximum Gasteiger partial charge on any atom is 0.0201 e. The van der Waals surface area contributed by atoms with Crippen molar-refractivity contribution in [3.05, 3.63) is 11.8 Å². The Labute approximate surface area is 58.2 Å². The monoisotopic (exact) mass is 127 g/mol. The Balaban J connectivity index is 3.49. The third-order valence-corrected chi connectivity index (χ3v) is 1.03. The van der Waals surface area contributed by atoms with Gasteiger partial charge in [0.15, 0.2) is 0 Å². The first-order chi connectivity index (χ1) is 4.16. The maximum absolute atomic E-state index is 3.30. The SMILES string of the molecule is CCC=C(C)NC(C)C. The van der Waals surface area contributed by atoms with E-state index in [1.54, 1.807) is 0 Å². The molecule has 9 heavy (non-hydrogen) atoms. The molecule has 0 bridgehead atoms. The molecule has 0 fully saturated rings. The van der Waals surface area contributed by atoms with Crippen molar-refractivity contribution in [3.63, 3.8) is 0 Å². The summed E-state index contributed by atoms with van der Waals surface area (Å²) in [6, 6.07) is 0.563. The summed E-state index contributed by atoms with van der Waals surface area (Å²) in [5, 5.41) is 3.30. The second-order valence-corrected chi connectivity index (χ2v) is 2.59. The van der Waals surface area contributed by atoms with Crippen LogP contribution in [0.3, 0.4) is 0 Å². The van der Waals surface area contributed by atoms with Gasteiger partial charge in [0.05, 0.1) is 0 Å². The quantitative estimate of drug-likeness (QED) is 0.613. The molecule has 0 amide bonds. The molecular formula is C8H17N. The summed E-state index contributed by atoms with van der Waals surface area (Å²) in [7, 11) is 0. The highest BCUT2D eigenvalue weighted by Crippen LogP contribution is 1.91. The Morgan fingerprint density at radius 2 is 2.11 bits per heavy atom. The van der Waals surface area contributed by atoms with E-state index in [9.17, 15) is 0 Å². The van der Waals surface area contributed by atoms with Crippen molar-refractivity contribution in [2.24, 2.45) is 0 Å². The van der Waals surface area contributed by atoms with E-state index in [0.29, 0.717) is 6.04 Å². The van der Waals surface area contributed by atoms with E-state index in [4.69, 9.17) is 0 Å². The fourth-order valence-electron chi connectivity index (χ4n) is 0.820. The highest BCUT2D eigenvalue weighted by atomic mass is 14.9. The van der Waals surface area contributed by atoms with Crippen molar-refractivity contribution < 1.29 is 0 Å². The molecule has 0 aliphatic rings. The molecular weight excluding hydrogens is 110 g/mol. The van der Waals surface area contributed by atoms with E-state index in [0.717, 1.165) is 6.42 Å². The van der Waals surface area contributed by atoms with Gasteiger partial charge >= 0.3 is 0 Å². The van der Waals surface area contributed by atoms with Crippen molar-refractivity contribution in [2.45, 2.75) is 40.2 Å². The van der Waals surface area contributed by atoms with Gasteiger partial charge < -0.3 is 5.32 Å². The molecule has 0 aliphatic carbocycles. The Kier molecular flexibility index (Phi) is 4.20. The van der Waals surface area contributed by atoms with Crippen molar-refractivity contribution in [1.29, 1.82) is 0 Å². The van der Waals surface area contributed by atoms with Gasteiger partial charge in [-0.05, 0) is 27.2 Å². The largest absolute Gasteiger partial charge is 0.387 e. The number of hydrogen-bond donors (Lipinski definition) is 1. The lowest BCUT2D eigenvalue weighted by molar-refractivity contribution is 0.666. The Hall–Kier alpha value is -0.460. The van der Waals surface area contributed by atoms with Gasteiger partial charge in [-0.2, -0.15) is 0 Å². The van der Waals surface area contributed by atoms with Gasteiger partial charge in [0.2, 0.25) is 0 Å². The standard InChI is InChI=1S/C8H17N/c1-5-6-8(4)9-7(2)3/h6-7,9H,5H2,1-4H3. The highest BCUT2D eigenvalue weighted by molar-refractivity contribution is 4.95. The van der Waals surface area contributed by atoms with E-state index in [2.05, 4.69) is 39.1 Å². The number of allylic oxidation sites excluding steroid dienone is 2. The molecule has 0 rings (SSSR count). The van der Waals surface area contributed by atoms with Crippen LogP contribution in [0.5, 0.6) is 0 Å². The van der Waals surface area contributed by atoms with Crippen LogP contribution in [-0.2, 0) is 0 Å². The summed E-state index contributed by atoms with van der Waals surface area (Å²) in [5.41, 5.74) is 1.28. The van der Waals surface area contributed by atoms with Gasteiger partial charge in [0.1, 0.15) is 0 Å². The predicted octanol–water partition coefficient (Wildman–Crippen LogP) is 2.30. The lowest BCUT2D eigenvalue weighted by Crippen LogP contribution is -2.19. The van der Waals surface area contributed by atoms with Gasteiger partial charge in [-0.25, -0.2) is 0 Å². The molecule has 0 radical (unpaired) electrons. The summed E-state index contributed by atoms with van der Waals surface area (Å²) in [4.78, 5) is 0. The van der Waals surface area contributed by atoms with Crippen LogP contribution in [-0.4, -0.2) is 6.04 Å². The minimum absolute atomic E-state index is 0.563. The van der Waals surface area contributed by atoms with E-state index in [1.807, 2.05) is 0 Å². The molecule has 1 heteroatoms. The number of hydrogen-bond acceptors (Lipinski definition) is 1. The summed E-state index contributed by atoms with van der Waals surface area (Å²) < 4.78 is 0. The molecule has 0 aromatic carbocycles. The molecule has 1 N–H and O–H groups in total. The Morgan fingerprint density at radius 3 is 2.44 bits per heavy atom. The zero-order valence-corrected chi connectivity index (χ0v) is 6.86. The van der Waals surface area contributed by atoms with Gasteiger partial charge in [-0.15, -0.1) is 0 Å². The predicted molar refractivity (Wildman–Crippen MR) is 42.3 cm³/mol. The average Bonchev–Trinajstić information content (AvgIpc) is 1.63. The van der Waals surface area contributed by atoms with E-state index < -0.39 is 0 Å². The molecule has 0 heterocycles. The fraction of sp³-hybridized carbons (Fsp3) is 0.750. The molecule has 0 unspecified atom stereocenters. The summed E-state index contributed by atoms with van der Waals surface area (Å²) in [5.74, 6) is 0. The third kappa shape index (κ3) is 5.41. The lowest BCUT2D eigenvalue weighted by atomic mass is 10.3. The summed E-state index contributed by atoms with van der Waals surface area (Å²) in [6.45, 7) is 8.54. The smallest absolute Gasteiger partial charge is 0.0201 e. The van der Waals surface area contributed by atoms with Crippen LogP contribution in [0.25, 0.3) is 0 Å². The second kappa shape index (κ2) is 4.42. The van der Waals surface area contributed by atoms with Crippen molar-refractivity contribution in [2.75, 3.05) is 0 Å². The molecule has 0 saturated carbocycles. The Morgan fingerprint density at radius 1 is 1.56 bits per heavy atom. The zero-order valence-electron chi connectivity index (χ0n) is 6.86. The molecule has 0 aliphatic heterocycles. The van der Waals surface area contributed by atoms with Gasteiger partial charge in [-0.3, -0.25) is 0 Å². The van der Waals surface area contributed by atoms with Crippen LogP contribution in [0.4, 0.5) is 0 Å². The van der Waals surface area contributed by atoms with E-state index in [-0.39, 0.29) is 0 Å². The molecule has 1 nitrogen and oxygen atoms in total. The number of rotatable bonds is 3. The van der Waals surface area contributed by atoms with E-state index >= 15 is 0 Å². The second-order valence-electron chi connectivity index (χ2n) is 2.59. The van der Waals surface area contributed by atoms with Crippen LogP contribution in [0, 0.1) is 0 Å². The average molecular weight is 127 g/mol. The molecule has 0 atom stereocenters. The maximum atomic E-state index is 3.30. The van der Waals surface area contributed by atoms with E-state index in [1.165, 1.54) is 5.70 Å². The van der Waals surface area contributed by atoms with Gasteiger partial charge in [-0.1, -0.05) is 13.0 Å². The molecule has 0 aromatic heterocycles. The summed E-state index contributed by atoms with van der Waals surface area (Å²) in [6.07, 6.45) is 3.31. The molecule has 54 valence electrons. The van der Waals surface area contributed by atoms with Crippen LogP contribution >= 0.6 is 0 Å². The fourth-order valence-corrected chi connectivity index (χ4v) is 0.820. The molecule has 0 spiro atoms. The van der Waals surface area contributed by atoms with Crippen LogP contribution < -0.4 is 5.32 Å². The van der Waals surface area contributed by atoms with Crippen LogP contribution in [0.15, 0.2) is 11.8 Å². The number of nitrogens with one attached hydrogen (secondary N) is 1. The lowest BCUT2D eigenvalue weighted by Gasteiger charge is -2.08.